The van der Waals surface area contributed by atoms with E-state index in [2.05, 4.69) is 4.74 Å². The number of nitrogens with one attached hydrogen (secondary N) is 1. The lowest BCUT2D eigenvalue weighted by molar-refractivity contribution is -0.147. The summed E-state index contributed by atoms with van der Waals surface area (Å²) >= 11 is 6.58. The van der Waals surface area contributed by atoms with E-state index < -0.39 is 34.4 Å². The van der Waals surface area contributed by atoms with Crippen molar-refractivity contribution < 1.29 is 27.9 Å². The van der Waals surface area contributed by atoms with Crippen molar-refractivity contribution in [2.24, 2.45) is 0 Å². The highest BCUT2D eigenvalue weighted by Gasteiger charge is 2.29. The van der Waals surface area contributed by atoms with Crippen LogP contribution in [0.3, 0.4) is 0 Å². The Bertz CT molecular complexity index is 604. The van der Waals surface area contributed by atoms with Gasteiger partial charge in [-0.1, -0.05) is 11.6 Å². The van der Waals surface area contributed by atoms with Crippen molar-refractivity contribution in [3.63, 3.8) is 0 Å². The van der Waals surface area contributed by atoms with E-state index in [1.807, 2.05) is 4.72 Å². The Hall–Kier alpha value is -1.16. The van der Waals surface area contributed by atoms with Crippen molar-refractivity contribution >= 4 is 44.9 Å². The molecule has 0 aromatic carbocycles. The summed E-state index contributed by atoms with van der Waals surface area (Å²) in [5, 5.41) is 8.93. The minimum absolute atomic E-state index is 0.115. The second-order valence-electron chi connectivity index (χ2n) is 3.81. The number of thiophene rings is 1. The number of sulfonamides is 1. The molecule has 0 saturated carbocycles. The third-order valence-electron chi connectivity index (χ3n) is 2.29. The Labute approximate surface area is 124 Å². The van der Waals surface area contributed by atoms with Gasteiger partial charge in [0.2, 0.25) is 0 Å². The van der Waals surface area contributed by atoms with E-state index in [-0.39, 0.29) is 4.21 Å². The van der Waals surface area contributed by atoms with E-state index in [0.29, 0.717) is 9.90 Å². The summed E-state index contributed by atoms with van der Waals surface area (Å²) in [6.07, 6.45) is -0.608. The molecular formula is C10H12ClNO6S2. The molecule has 1 aromatic heterocycles. The fraction of sp³-hybridized carbons (Fsp3) is 0.400. The van der Waals surface area contributed by atoms with Crippen molar-refractivity contribution in [3.05, 3.63) is 16.0 Å². The van der Waals surface area contributed by atoms with Crippen LogP contribution in [0.1, 0.15) is 12.0 Å². The van der Waals surface area contributed by atoms with E-state index in [1.165, 1.54) is 6.07 Å². The van der Waals surface area contributed by atoms with Crippen LogP contribution in [0.25, 0.3) is 0 Å². The molecule has 0 aliphatic rings. The zero-order chi connectivity index (χ0) is 15.5. The van der Waals surface area contributed by atoms with Crippen LogP contribution in [-0.4, -0.2) is 38.6 Å². The number of ether oxygens (including phenoxy) is 1. The zero-order valence-electron chi connectivity index (χ0n) is 10.5. The molecule has 1 aromatic rings. The Morgan fingerprint density at radius 1 is 1.55 bits per heavy atom. The van der Waals surface area contributed by atoms with Gasteiger partial charge in [0.15, 0.2) is 0 Å². The van der Waals surface area contributed by atoms with Crippen LogP contribution >= 0.6 is 22.9 Å². The van der Waals surface area contributed by atoms with E-state index in [1.54, 1.807) is 6.92 Å². The molecule has 0 bridgehead atoms. The van der Waals surface area contributed by atoms with Crippen LogP contribution in [0.2, 0.25) is 4.34 Å². The second kappa shape index (κ2) is 6.53. The average molecular weight is 342 g/mol. The molecule has 0 aliphatic heterocycles. The first-order valence-electron chi connectivity index (χ1n) is 5.25. The summed E-state index contributed by atoms with van der Waals surface area (Å²) in [4.78, 5) is 22.0. The molecule has 0 fully saturated rings. The first-order valence-corrected chi connectivity index (χ1v) is 7.93. The number of esters is 1. The number of aryl methyl sites for hydroxylation is 1. The van der Waals surface area contributed by atoms with Crippen molar-refractivity contribution in [2.75, 3.05) is 7.11 Å². The fourth-order valence-corrected chi connectivity index (χ4v) is 4.15. The number of carboxylic acids is 1. The van der Waals surface area contributed by atoms with Gasteiger partial charge < -0.3 is 9.84 Å². The molecule has 1 heterocycles. The SMILES string of the molecule is COC(=O)C[C@H](NS(=O)(=O)c1cc(C)c(Cl)s1)C(=O)O. The minimum atomic E-state index is -4.06. The quantitative estimate of drug-likeness (QED) is 0.747. The molecule has 0 saturated heterocycles. The van der Waals surface area contributed by atoms with Crippen molar-refractivity contribution in [2.45, 2.75) is 23.6 Å². The molecular weight excluding hydrogens is 330 g/mol. The third-order valence-corrected chi connectivity index (χ3v) is 5.79. The molecule has 0 amide bonds. The number of methoxy groups -OCH3 is 1. The molecule has 1 atom stereocenters. The molecule has 10 heteroatoms. The van der Waals surface area contributed by atoms with Gasteiger partial charge >= 0.3 is 11.9 Å². The monoisotopic (exact) mass is 341 g/mol. The topological polar surface area (TPSA) is 110 Å². The number of carboxylic acid groups (broad SMARTS) is 1. The summed E-state index contributed by atoms with van der Waals surface area (Å²) in [5.41, 5.74) is 0.567. The second-order valence-corrected chi connectivity index (χ2v) is 7.41. The Kier molecular flexibility index (Phi) is 5.51. The normalized spacial score (nSPS) is 12.9. The smallest absolute Gasteiger partial charge is 0.322 e. The molecule has 112 valence electrons. The first kappa shape index (κ1) is 16.9. The van der Waals surface area contributed by atoms with Gasteiger partial charge in [-0.25, -0.2) is 8.42 Å². The molecule has 0 unspecified atom stereocenters. The molecule has 1 rings (SSSR count). The first-order chi connectivity index (χ1) is 9.17. The number of hydrogen-bond acceptors (Lipinski definition) is 6. The zero-order valence-corrected chi connectivity index (χ0v) is 12.9. The molecule has 0 aliphatic carbocycles. The van der Waals surface area contributed by atoms with Gasteiger partial charge in [-0.3, -0.25) is 9.59 Å². The van der Waals surface area contributed by atoms with E-state index in [0.717, 1.165) is 18.4 Å². The van der Waals surface area contributed by atoms with Gasteiger partial charge in [-0.05, 0) is 18.6 Å². The summed E-state index contributed by atoms with van der Waals surface area (Å²) in [7, 11) is -2.98. The molecule has 0 radical (unpaired) electrons. The van der Waals surface area contributed by atoms with Crippen LogP contribution in [-0.2, 0) is 24.3 Å². The van der Waals surface area contributed by atoms with Gasteiger partial charge in [-0.2, -0.15) is 4.72 Å². The lowest BCUT2D eigenvalue weighted by Crippen LogP contribution is -2.42. The van der Waals surface area contributed by atoms with Crippen molar-refractivity contribution in [1.29, 1.82) is 0 Å². The van der Waals surface area contributed by atoms with Crippen LogP contribution in [0.4, 0.5) is 0 Å². The van der Waals surface area contributed by atoms with Crippen LogP contribution in [0.5, 0.6) is 0 Å². The molecule has 7 nitrogen and oxygen atoms in total. The maximum absolute atomic E-state index is 12.0. The lowest BCUT2D eigenvalue weighted by Gasteiger charge is -2.12. The molecule has 0 spiro atoms. The number of carbonyl (C=O) groups excluding carboxylic acids is 1. The predicted octanol–water partition coefficient (Wildman–Crippen LogP) is 1.00. The summed E-state index contributed by atoms with van der Waals surface area (Å²) in [5.74, 6) is -2.31. The van der Waals surface area contributed by atoms with Crippen LogP contribution in [0, 0.1) is 6.92 Å². The maximum atomic E-state index is 12.0. The Morgan fingerprint density at radius 2 is 2.15 bits per heavy atom. The van der Waals surface area contributed by atoms with Gasteiger partial charge in [0.05, 0.1) is 17.9 Å². The lowest BCUT2D eigenvalue weighted by atomic mass is 10.2. The van der Waals surface area contributed by atoms with Crippen LogP contribution in [0.15, 0.2) is 10.3 Å². The Balaban J connectivity index is 2.97. The summed E-state index contributed by atoms with van der Waals surface area (Å²) < 4.78 is 30.5. The third kappa shape index (κ3) is 4.17. The van der Waals surface area contributed by atoms with E-state index >= 15 is 0 Å². The number of aliphatic carboxylic acids is 1. The number of hydrogen-bond donors (Lipinski definition) is 2. The van der Waals surface area contributed by atoms with Crippen molar-refractivity contribution in [1.82, 2.24) is 4.72 Å². The van der Waals surface area contributed by atoms with Gasteiger partial charge in [0.1, 0.15) is 10.3 Å². The fourth-order valence-electron chi connectivity index (χ4n) is 1.24. The average Bonchev–Trinajstić information content (AvgIpc) is 2.69. The van der Waals surface area contributed by atoms with E-state index in [4.69, 9.17) is 16.7 Å². The highest BCUT2D eigenvalue weighted by molar-refractivity contribution is 7.91. The summed E-state index contributed by atoms with van der Waals surface area (Å²) in [6, 6.07) is -0.277. The number of halogens is 1. The minimum Gasteiger partial charge on any atom is -0.480 e. The maximum Gasteiger partial charge on any atom is 0.322 e. The largest absolute Gasteiger partial charge is 0.480 e. The molecule has 2 N–H and O–H groups in total. The van der Waals surface area contributed by atoms with Gasteiger partial charge in [-0.15, -0.1) is 11.3 Å². The van der Waals surface area contributed by atoms with Gasteiger partial charge in [0.25, 0.3) is 10.0 Å². The summed E-state index contributed by atoms with van der Waals surface area (Å²) in [6.45, 7) is 1.63. The highest BCUT2D eigenvalue weighted by Crippen LogP contribution is 2.30. The Morgan fingerprint density at radius 3 is 2.55 bits per heavy atom. The van der Waals surface area contributed by atoms with E-state index in [9.17, 15) is 18.0 Å². The highest BCUT2D eigenvalue weighted by atomic mass is 35.5. The standard InChI is InChI=1S/C10H12ClNO6S2/c1-5-3-8(19-9(5)11)20(16,17)12-6(10(14)15)4-7(13)18-2/h3,6,12H,4H2,1-2H3,(H,14,15)/t6-/m0/s1. The van der Waals surface area contributed by atoms with Crippen LogP contribution < -0.4 is 4.72 Å². The predicted molar refractivity (Wildman–Crippen MR) is 72.4 cm³/mol. The number of rotatable bonds is 6. The molecule has 20 heavy (non-hydrogen) atoms. The van der Waals surface area contributed by atoms with Crippen molar-refractivity contribution in [3.8, 4) is 0 Å². The van der Waals surface area contributed by atoms with Gasteiger partial charge in [0, 0.05) is 0 Å². The number of carbonyl (C=O) groups is 2.